The van der Waals surface area contributed by atoms with Crippen LogP contribution in [0.15, 0.2) is 0 Å². The molecule has 3 radical (unpaired) electrons. The Morgan fingerprint density at radius 3 is 2.64 bits per heavy atom. The number of hydrogen-bond acceptors (Lipinski definition) is 2. The van der Waals surface area contributed by atoms with Gasteiger partial charge in [0.1, 0.15) is 0 Å². The average Bonchev–Trinajstić information content (AvgIpc) is 2.79. The van der Waals surface area contributed by atoms with E-state index < -0.39 is 0 Å². The fourth-order valence-electron chi connectivity index (χ4n) is 2.90. The number of fused-ring (bicyclic) bond motifs is 2. The summed E-state index contributed by atoms with van der Waals surface area (Å²) in [6, 6.07) is 0. The Hall–Kier alpha value is 0.137. The Bertz CT molecular complexity index is 217. The van der Waals surface area contributed by atoms with Crippen molar-refractivity contribution in [3.8, 4) is 0 Å². The van der Waals surface area contributed by atoms with Crippen LogP contribution in [0.1, 0.15) is 32.1 Å². The molecule has 3 rings (SSSR count). The Labute approximate surface area is 88.7 Å². The van der Waals surface area contributed by atoms with Crippen molar-refractivity contribution in [2.45, 2.75) is 43.7 Å². The van der Waals surface area contributed by atoms with Gasteiger partial charge in [-0.15, -0.1) is 0 Å². The summed E-state index contributed by atoms with van der Waals surface area (Å²) in [7, 11) is 3.78. The van der Waals surface area contributed by atoms with Gasteiger partial charge >= 0.3 is 0 Å². The van der Waals surface area contributed by atoms with Gasteiger partial charge in [0, 0.05) is 10.2 Å². The Morgan fingerprint density at radius 1 is 1.14 bits per heavy atom. The van der Waals surface area contributed by atoms with E-state index in [1.807, 2.05) is 0 Å². The van der Waals surface area contributed by atoms with E-state index in [-0.39, 0.29) is 0 Å². The summed E-state index contributed by atoms with van der Waals surface area (Å²) in [6.07, 6.45) is 6.93. The van der Waals surface area contributed by atoms with Crippen LogP contribution in [0.4, 0.5) is 0 Å². The van der Waals surface area contributed by atoms with Crippen molar-refractivity contribution in [2.75, 3.05) is 6.61 Å². The quantitative estimate of drug-likeness (QED) is 0.401. The highest BCUT2D eigenvalue weighted by Gasteiger charge is 2.45. The van der Waals surface area contributed by atoms with Crippen LogP contribution in [0.2, 0.25) is 5.54 Å². The van der Waals surface area contributed by atoms with Crippen molar-refractivity contribution < 1.29 is 9.78 Å². The van der Waals surface area contributed by atoms with E-state index in [4.69, 9.17) is 9.78 Å². The molecule has 0 heterocycles. The third-order valence-corrected chi connectivity index (χ3v) is 4.61. The zero-order valence-electron chi connectivity index (χ0n) is 8.45. The molecular weight excluding hydrogens is 192 g/mol. The molecule has 3 aliphatic rings. The van der Waals surface area contributed by atoms with Crippen LogP contribution >= 0.6 is 0 Å². The molecule has 2 bridgehead atoms. The predicted octanol–water partition coefficient (Wildman–Crippen LogP) is 2.10. The topological polar surface area (TPSA) is 18.5 Å². The first-order valence-corrected chi connectivity index (χ1v) is 6.40. The van der Waals surface area contributed by atoms with Gasteiger partial charge in [-0.25, -0.2) is 9.78 Å². The second kappa shape index (κ2) is 3.61. The van der Waals surface area contributed by atoms with E-state index in [0.29, 0.717) is 17.6 Å². The van der Waals surface area contributed by atoms with Crippen molar-refractivity contribution in [1.82, 2.24) is 0 Å². The first-order chi connectivity index (χ1) is 6.83. The molecule has 2 nitrogen and oxygen atoms in total. The third kappa shape index (κ3) is 1.77. The maximum atomic E-state index is 5.53. The molecule has 0 spiro atoms. The average molecular weight is 209 g/mol. The maximum absolute atomic E-state index is 5.53. The van der Waals surface area contributed by atoms with Crippen LogP contribution in [-0.4, -0.2) is 23.0 Å². The Morgan fingerprint density at radius 2 is 2.00 bits per heavy atom. The van der Waals surface area contributed by atoms with E-state index in [2.05, 4.69) is 10.2 Å². The summed E-state index contributed by atoms with van der Waals surface area (Å²) in [4.78, 5) is 10.8. The molecule has 0 aliphatic heterocycles. The molecule has 77 valence electrons. The fraction of sp³-hybridized carbons (Fsp3) is 1.00. The molecule has 14 heavy (non-hydrogen) atoms. The van der Waals surface area contributed by atoms with Crippen LogP contribution in [-0.2, 0) is 9.78 Å². The van der Waals surface area contributed by atoms with Crippen molar-refractivity contribution in [1.29, 1.82) is 0 Å². The van der Waals surface area contributed by atoms with Gasteiger partial charge in [-0.2, -0.15) is 0 Å². The molecule has 3 saturated carbocycles. The van der Waals surface area contributed by atoms with Gasteiger partial charge in [0.05, 0.1) is 12.7 Å². The second-order valence-electron chi connectivity index (χ2n) is 5.21. The fourth-order valence-corrected chi connectivity index (χ4v) is 3.59. The largest absolute Gasteiger partial charge is 0.236 e. The number of rotatable bonds is 4. The van der Waals surface area contributed by atoms with Gasteiger partial charge in [-0.1, -0.05) is 6.42 Å². The van der Waals surface area contributed by atoms with Crippen LogP contribution < -0.4 is 0 Å². The van der Waals surface area contributed by atoms with Gasteiger partial charge in [-0.3, -0.25) is 0 Å². The summed E-state index contributed by atoms with van der Waals surface area (Å²) in [5.41, 5.74) is 0.670. The van der Waals surface area contributed by atoms with E-state index in [9.17, 15) is 0 Å². The molecule has 0 aromatic heterocycles. The zero-order chi connectivity index (χ0) is 9.54. The standard InChI is InChI=1S/C11H17O2Si/c14-11-5-8-3-9(11)10(4-8)13-12-6-7-1-2-7/h7-11H,1-6H2. The normalized spacial score (nSPS) is 46.1. The summed E-state index contributed by atoms with van der Waals surface area (Å²) in [6.45, 7) is 0.820. The van der Waals surface area contributed by atoms with Gasteiger partial charge in [-0.05, 0) is 49.0 Å². The minimum atomic E-state index is 0.370. The van der Waals surface area contributed by atoms with Gasteiger partial charge < -0.3 is 0 Å². The zero-order valence-corrected chi connectivity index (χ0v) is 9.45. The predicted molar refractivity (Wildman–Crippen MR) is 53.9 cm³/mol. The molecule has 3 heteroatoms. The molecule has 3 aliphatic carbocycles. The highest BCUT2D eigenvalue weighted by atomic mass is 28.1. The summed E-state index contributed by atoms with van der Waals surface area (Å²) < 4.78 is 0. The molecule has 4 atom stereocenters. The minimum Gasteiger partial charge on any atom is -0.236 e. The lowest BCUT2D eigenvalue weighted by Gasteiger charge is -2.25. The van der Waals surface area contributed by atoms with Crippen molar-refractivity contribution in [3.63, 3.8) is 0 Å². The van der Waals surface area contributed by atoms with E-state index in [1.165, 1.54) is 32.1 Å². The Kier molecular flexibility index (Phi) is 2.42. The first kappa shape index (κ1) is 9.37. The first-order valence-electron chi connectivity index (χ1n) is 5.82. The lowest BCUT2D eigenvalue weighted by molar-refractivity contribution is -0.334. The van der Waals surface area contributed by atoms with Crippen LogP contribution in [0, 0.1) is 17.8 Å². The second-order valence-corrected chi connectivity index (χ2v) is 5.95. The molecule has 0 saturated heterocycles. The summed E-state index contributed by atoms with van der Waals surface area (Å²) in [5, 5.41) is 0. The molecule has 0 N–H and O–H groups in total. The highest BCUT2D eigenvalue weighted by Crippen LogP contribution is 2.51. The molecule has 4 unspecified atom stereocenters. The van der Waals surface area contributed by atoms with Gasteiger partial charge in [0.25, 0.3) is 0 Å². The van der Waals surface area contributed by atoms with Crippen LogP contribution in [0.3, 0.4) is 0 Å². The molecule has 3 fully saturated rings. The van der Waals surface area contributed by atoms with Crippen molar-refractivity contribution >= 4 is 10.2 Å². The minimum absolute atomic E-state index is 0.370. The number of hydrogen-bond donors (Lipinski definition) is 0. The van der Waals surface area contributed by atoms with E-state index in [0.717, 1.165) is 18.4 Å². The molecular formula is C11H17O2Si. The molecule has 0 aromatic carbocycles. The summed E-state index contributed by atoms with van der Waals surface area (Å²) in [5.74, 6) is 2.39. The maximum Gasteiger partial charge on any atom is 0.0960 e. The molecule has 0 amide bonds. The van der Waals surface area contributed by atoms with Crippen LogP contribution in [0.25, 0.3) is 0 Å². The SMILES string of the molecule is [Si]C1CC2CC(OOCC3CC3)C1C2. The monoisotopic (exact) mass is 209 g/mol. The lowest BCUT2D eigenvalue weighted by atomic mass is 9.97. The van der Waals surface area contributed by atoms with E-state index in [1.54, 1.807) is 0 Å². The van der Waals surface area contributed by atoms with Gasteiger partial charge in [0.15, 0.2) is 0 Å². The van der Waals surface area contributed by atoms with Crippen molar-refractivity contribution in [3.05, 3.63) is 0 Å². The lowest BCUT2D eigenvalue weighted by Crippen LogP contribution is -2.25. The third-order valence-electron chi connectivity index (χ3n) is 3.95. The van der Waals surface area contributed by atoms with E-state index >= 15 is 0 Å². The molecule has 0 aromatic rings. The van der Waals surface area contributed by atoms with Gasteiger partial charge in [0.2, 0.25) is 0 Å². The Balaban J connectivity index is 1.44. The summed E-state index contributed by atoms with van der Waals surface area (Å²) >= 11 is 0. The van der Waals surface area contributed by atoms with Crippen LogP contribution in [0.5, 0.6) is 0 Å². The van der Waals surface area contributed by atoms with Crippen molar-refractivity contribution in [2.24, 2.45) is 17.8 Å². The smallest absolute Gasteiger partial charge is 0.0960 e. The highest BCUT2D eigenvalue weighted by molar-refractivity contribution is 6.12.